The maximum atomic E-state index is 12.8. The van der Waals surface area contributed by atoms with Crippen LogP contribution in [0.25, 0.3) is 0 Å². The maximum Gasteiger partial charge on any atom is 0.319 e. The number of carbonyl (C=O) groups excluding carboxylic acids is 4. The quantitative estimate of drug-likeness (QED) is 0.323. The van der Waals surface area contributed by atoms with E-state index in [4.69, 9.17) is 10.5 Å². The first kappa shape index (κ1) is 29.6. The third-order valence-electron chi connectivity index (χ3n) is 6.94. The van der Waals surface area contributed by atoms with Crippen molar-refractivity contribution in [3.05, 3.63) is 59.2 Å². The number of imide groups is 1. The summed E-state index contributed by atoms with van der Waals surface area (Å²) in [5, 5.41) is 7.76. The first-order valence-electron chi connectivity index (χ1n) is 13.5. The first-order valence-corrected chi connectivity index (χ1v) is 13.5. The number of benzene rings is 2. The highest BCUT2D eigenvalue weighted by Crippen LogP contribution is 2.31. The van der Waals surface area contributed by atoms with Crippen LogP contribution in [0.15, 0.2) is 42.5 Å². The lowest BCUT2D eigenvalue weighted by molar-refractivity contribution is -0.125. The molecule has 0 radical (unpaired) electrons. The monoisotopic (exact) mass is 537 g/mol. The number of carbonyl (C=O) groups is 4. The minimum absolute atomic E-state index is 0.0838. The van der Waals surface area contributed by atoms with Gasteiger partial charge in [-0.2, -0.15) is 0 Å². The van der Waals surface area contributed by atoms with Gasteiger partial charge < -0.3 is 26.0 Å². The molecule has 0 bridgehead atoms. The molecule has 210 valence electrons. The Bertz CT molecular complexity index is 1150. The van der Waals surface area contributed by atoms with Gasteiger partial charge in [0.05, 0.1) is 6.10 Å². The van der Waals surface area contributed by atoms with Crippen LogP contribution in [-0.4, -0.2) is 47.8 Å². The molecule has 1 aliphatic carbocycles. The van der Waals surface area contributed by atoms with Gasteiger partial charge in [0.15, 0.2) is 0 Å². The summed E-state index contributed by atoms with van der Waals surface area (Å²) in [6, 6.07) is 12.3. The van der Waals surface area contributed by atoms with Crippen molar-refractivity contribution in [2.75, 3.05) is 11.9 Å². The van der Waals surface area contributed by atoms with E-state index in [9.17, 15) is 19.2 Å². The van der Waals surface area contributed by atoms with Crippen LogP contribution < -0.4 is 26.4 Å². The molecule has 2 aromatic carbocycles. The minimum Gasteiger partial charge on any atom is -0.490 e. The fourth-order valence-electron chi connectivity index (χ4n) is 4.63. The molecule has 0 aromatic heterocycles. The second-order valence-corrected chi connectivity index (χ2v) is 9.64. The molecule has 2 aromatic rings. The Hall–Kier alpha value is -3.92. The van der Waals surface area contributed by atoms with Gasteiger partial charge in [-0.1, -0.05) is 26.0 Å². The van der Waals surface area contributed by atoms with Gasteiger partial charge in [0.25, 0.3) is 5.91 Å². The van der Waals surface area contributed by atoms with E-state index in [0.29, 0.717) is 49.6 Å². The molecular weight excluding hydrogens is 498 g/mol. The van der Waals surface area contributed by atoms with Gasteiger partial charge in [0.2, 0.25) is 12.3 Å². The van der Waals surface area contributed by atoms with E-state index in [1.54, 1.807) is 23.1 Å². The number of nitrogens with two attached hydrogens (primary N) is 1. The Morgan fingerprint density at radius 3 is 2.54 bits per heavy atom. The Labute approximate surface area is 229 Å². The molecule has 10 nitrogen and oxygen atoms in total. The maximum absolute atomic E-state index is 12.8. The predicted molar refractivity (Wildman–Crippen MR) is 149 cm³/mol. The Morgan fingerprint density at radius 1 is 1.15 bits per heavy atom. The van der Waals surface area contributed by atoms with E-state index in [2.05, 4.69) is 16.0 Å². The average Bonchev–Trinajstić information content (AvgIpc) is 3.25. The van der Waals surface area contributed by atoms with Crippen molar-refractivity contribution in [2.45, 2.75) is 71.7 Å². The number of hydrogen-bond acceptors (Lipinski definition) is 6. The molecule has 1 fully saturated rings. The first-order chi connectivity index (χ1) is 18.9. The number of ether oxygens (including phenoxy) is 1. The zero-order valence-corrected chi connectivity index (χ0v) is 22.9. The number of nitrogens with one attached hydrogen (secondary N) is 3. The minimum atomic E-state index is -0.364. The number of anilines is 1. The molecule has 0 spiro atoms. The highest BCUT2D eigenvalue weighted by Gasteiger charge is 2.31. The number of amides is 5. The molecule has 10 heteroatoms. The lowest BCUT2D eigenvalue weighted by Gasteiger charge is -2.34. The number of fused-ring (bicyclic) bond motifs is 1. The fraction of sp³-hybridized carbons (Fsp3) is 0.448. The van der Waals surface area contributed by atoms with E-state index in [0.717, 1.165) is 29.7 Å². The SMILES string of the molecule is CC.CC(CCC(=O)NC=O)N1Cc2cc(CNC(=O)Nc3ccc(OC4CC(CN)C4)cc3)ccc2C1=O. The van der Waals surface area contributed by atoms with E-state index in [1.807, 2.05) is 45.0 Å². The Balaban J connectivity index is 0.00000205. The average molecular weight is 538 g/mol. The van der Waals surface area contributed by atoms with Gasteiger partial charge in [0.1, 0.15) is 5.75 Å². The topological polar surface area (TPSA) is 143 Å². The summed E-state index contributed by atoms with van der Waals surface area (Å²) in [6.45, 7) is 7.32. The van der Waals surface area contributed by atoms with Gasteiger partial charge in [-0.15, -0.1) is 0 Å². The number of nitrogens with zero attached hydrogens (tertiary/aromatic N) is 1. The smallest absolute Gasteiger partial charge is 0.319 e. The number of rotatable bonds is 11. The Morgan fingerprint density at radius 2 is 1.87 bits per heavy atom. The standard InChI is InChI=1S/C27H33N5O5.C2H6/c1-17(2-9-25(34)30-16-33)32-15-20-10-18(3-8-24(20)26(32)35)14-29-27(36)31-21-4-6-22(7-5-21)37-23-11-19(12-23)13-28;1-2/h3-8,10,16-17,19,23H,2,9,11-15,28H2,1H3,(H2,29,31,36)(H,30,33,34);1-2H3. The highest BCUT2D eigenvalue weighted by molar-refractivity contribution is 5.98. The lowest BCUT2D eigenvalue weighted by atomic mass is 9.82. The van der Waals surface area contributed by atoms with E-state index < -0.39 is 0 Å². The number of hydrogen-bond donors (Lipinski definition) is 4. The second-order valence-electron chi connectivity index (χ2n) is 9.64. The summed E-state index contributed by atoms with van der Waals surface area (Å²) in [6.07, 6.45) is 3.15. The molecule has 1 aliphatic heterocycles. The largest absolute Gasteiger partial charge is 0.490 e. The third kappa shape index (κ3) is 8.03. The zero-order chi connectivity index (χ0) is 28.4. The molecule has 4 rings (SSSR count). The van der Waals surface area contributed by atoms with Gasteiger partial charge >= 0.3 is 6.03 Å². The van der Waals surface area contributed by atoms with Crippen molar-refractivity contribution < 1.29 is 23.9 Å². The second kappa shape index (κ2) is 14.3. The Kier molecular flexibility index (Phi) is 10.9. The summed E-state index contributed by atoms with van der Waals surface area (Å²) in [4.78, 5) is 48.8. The van der Waals surface area contributed by atoms with Crippen LogP contribution in [0.5, 0.6) is 5.75 Å². The summed E-state index contributed by atoms with van der Waals surface area (Å²) in [7, 11) is 0. The van der Waals surface area contributed by atoms with Crippen LogP contribution in [-0.2, 0) is 22.7 Å². The summed E-state index contributed by atoms with van der Waals surface area (Å²) < 4.78 is 5.91. The van der Waals surface area contributed by atoms with Crippen LogP contribution >= 0.6 is 0 Å². The van der Waals surface area contributed by atoms with Crippen molar-refractivity contribution in [2.24, 2.45) is 11.7 Å². The zero-order valence-electron chi connectivity index (χ0n) is 22.9. The van der Waals surface area contributed by atoms with Crippen LogP contribution in [0, 0.1) is 5.92 Å². The van der Waals surface area contributed by atoms with Crippen LogP contribution in [0.3, 0.4) is 0 Å². The number of urea groups is 1. The molecule has 1 saturated carbocycles. The van der Waals surface area contributed by atoms with Crippen molar-refractivity contribution in [3.8, 4) is 5.75 Å². The van der Waals surface area contributed by atoms with E-state index >= 15 is 0 Å². The molecular formula is C29H39N5O5. The summed E-state index contributed by atoms with van der Waals surface area (Å²) in [5.74, 6) is 0.876. The normalized spacial score (nSPS) is 18.1. The van der Waals surface area contributed by atoms with Crippen LogP contribution in [0.2, 0.25) is 0 Å². The van der Waals surface area contributed by atoms with Gasteiger partial charge in [-0.3, -0.25) is 19.7 Å². The van der Waals surface area contributed by atoms with Crippen molar-refractivity contribution in [1.29, 1.82) is 0 Å². The van der Waals surface area contributed by atoms with Crippen molar-refractivity contribution in [1.82, 2.24) is 15.5 Å². The third-order valence-corrected chi connectivity index (χ3v) is 6.94. The molecule has 1 heterocycles. The predicted octanol–water partition coefficient (Wildman–Crippen LogP) is 3.55. The van der Waals surface area contributed by atoms with Crippen molar-refractivity contribution in [3.63, 3.8) is 0 Å². The molecule has 39 heavy (non-hydrogen) atoms. The molecule has 1 atom stereocenters. The molecule has 1 unspecified atom stereocenters. The van der Waals surface area contributed by atoms with Gasteiger partial charge in [-0.25, -0.2) is 4.79 Å². The van der Waals surface area contributed by atoms with Gasteiger partial charge in [-0.05, 0) is 80.1 Å². The van der Waals surface area contributed by atoms with Crippen molar-refractivity contribution >= 4 is 29.9 Å². The molecule has 0 saturated heterocycles. The molecule has 5 N–H and O–H groups in total. The summed E-state index contributed by atoms with van der Waals surface area (Å²) in [5.41, 5.74) is 8.69. The van der Waals surface area contributed by atoms with E-state index in [1.165, 1.54) is 0 Å². The van der Waals surface area contributed by atoms with E-state index in [-0.39, 0.29) is 36.4 Å². The van der Waals surface area contributed by atoms with Crippen LogP contribution in [0.1, 0.15) is 67.9 Å². The lowest BCUT2D eigenvalue weighted by Crippen LogP contribution is -2.37. The highest BCUT2D eigenvalue weighted by atomic mass is 16.5. The fourth-order valence-corrected chi connectivity index (χ4v) is 4.63. The molecule has 5 amide bonds. The summed E-state index contributed by atoms with van der Waals surface area (Å²) >= 11 is 0. The van der Waals surface area contributed by atoms with Crippen LogP contribution in [0.4, 0.5) is 10.5 Å². The van der Waals surface area contributed by atoms with Gasteiger partial charge in [0, 0.05) is 36.8 Å². The molecule has 2 aliphatic rings.